The molecule has 0 fully saturated rings. The van der Waals surface area contributed by atoms with Crippen molar-refractivity contribution in [2.45, 2.75) is 10.9 Å². The molecule has 2 N–H and O–H groups in total. The van der Waals surface area contributed by atoms with E-state index in [2.05, 4.69) is 20.3 Å². The first kappa shape index (κ1) is 12.8. The summed E-state index contributed by atoms with van der Waals surface area (Å²) in [4.78, 5) is 11.5. The highest BCUT2D eigenvalue weighted by atomic mass is 32.2. The minimum absolute atomic E-state index is 0.414. The summed E-state index contributed by atoms with van der Waals surface area (Å²) in [6.07, 6.45) is 1.67. The van der Waals surface area contributed by atoms with Crippen molar-refractivity contribution in [3.8, 4) is 0 Å². The number of fused-ring (bicyclic) bond motifs is 1. The van der Waals surface area contributed by atoms with Crippen molar-refractivity contribution in [1.82, 2.24) is 15.0 Å². The molecule has 0 saturated heterocycles. The van der Waals surface area contributed by atoms with Crippen molar-refractivity contribution in [1.29, 1.82) is 0 Å². The van der Waals surface area contributed by atoms with Crippen LogP contribution in [0.1, 0.15) is 5.56 Å². The van der Waals surface area contributed by atoms with Gasteiger partial charge in [0.05, 0.1) is 22.1 Å². The lowest BCUT2D eigenvalue weighted by Crippen LogP contribution is -2.02. The minimum Gasteiger partial charge on any atom is -0.388 e. The average molecular weight is 286 g/mol. The first-order valence-electron chi connectivity index (χ1n) is 6.22. The number of aromatic amines is 1. The number of nitrogens with zero attached hydrogens (tertiary/aromatic N) is 2. The van der Waals surface area contributed by atoms with E-state index in [0.717, 1.165) is 16.8 Å². The van der Waals surface area contributed by atoms with Crippen molar-refractivity contribution < 1.29 is 4.21 Å². The molecule has 0 bridgehead atoms. The van der Waals surface area contributed by atoms with Crippen LogP contribution in [0, 0.1) is 0 Å². The molecule has 6 heteroatoms. The molecule has 0 aliphatic heterocycles. The largest absolute Gasteiger partial charge is 0.388 e. The van der Waals surface area contributed by atoms with Crippen LogP contribution < -0.4 is 5.32 Å². The highest BCUT2D eigenvalue weighted by Gasteiger charge is 2.12. The first-order valence-corrected chi connectivity index (χ1v) is 7.54. The SMILES string of the molecule is CNc1ccccc1CS(=O)c1nc2ncccc2[nH]1. The molecule has 3 rings (SSSR count). The van der Waals surface area contributed by atoms with Gasteiger partial charge in [-0.25, -0.2) is 9.97 Å². The number of imidazole rings is 1. The summed E-state index contributed by atoms with van der Waals surface area (Å²) >= 11 is 0. The van der Waals surface area contributed by atoms with Crippen LogP contribution in [-0.2, 0) is 16.6 Å². The maximum Gasteiger partial charge on any atom is 0.199 e. The zero-order valence-corrected chi connectivity index (χ0v) is 11.8. The molecule has 5 nitrogen and oxygen atoms in total. The molecule has 0 saturated carbocycles. The fourth-order valence-electron chi connectivity index (χ4n) is 2.03. The zero-order chi connectivity index (χ0) is 13.9. The third-order valence-corrected chi connectivity index (χ3v) is 4.22. The Morgan fingerprint density at radius 2 is 2.10 bits per heavy atom. The van der Waals surface area contributed by atoms with Crippen LogP contribution in [0.25, 0.3) is 11.2 Å². The van der Waals surface area contributed by atoms with E-state index in [4.69, 9.17) is 0 Å². The first-order chi connectivity index (χ1) is 9.78. The van der Waals surface area contributed by atoms with Gasteiger partial charge < -0.3 is 10.3 Å². The molecule has 20 heavy (non-hydrogen) atoms. The quantitative estimate of drug-likeness (QED) is 0.772. The van der Waals surface area contributed by atoms with E-state index in [0.29, 0.717) is 16.6 Å². The van der Waals surface area contributed by atoms with Gasteiger partial charge in [0, 0.05) is 18.9 Å². The maximum absolute atomic E-state index is 12.4. The number of aromatic nitrogens is 3. The summed E-state index contributed by atoms with van der Waals surface area (Å²) in [7, 11) is 0.628. The number of anilines is 1. The van der Waals surface area contributed by atoms with E-state index in [9.17, 15) is 4.21 Å². The molecule has 0 amide bonds. The third kappa shape index (κ3) is 2.42. The Hall–Kier alpha value is -2.21. The highest BCUT2D eigenvalue weighted by Crippen LogP contribution is 2.19. The molecule has 0 spiro atoms. The number of hydrogen-bond donors (Lipinski definition) is 2. The van der Waals surface area contributed by atoms with Gasteiger partial charge >= 0.3 is 0 Å². The van der Waals surface area contributed by atoms with Gasteiger partial charge in [0.25, 0.3) is 0 Å². The van der Waals surface area contributed by atoms with Crippen molar-refractivity contribution in [3.63, 3.8) is 0 Å². The van der Waals surface area contributed by atoms with Gasteiger partial charge in [-0.15, -0.1) is 0 Å². The normalized spacial score (nSPS) is 12.4. The lowest BCUT2D eigenvalue weighted by Gasteiger charge is -2.07. The van der Waals surface area contributed by atoms with Crippen molar-refractivity contribution in [2.75, 3.05) is 12.4 Å². The van der Waals surface area contributed by atoms with Crippen LogP contribution in [0.5, 0.6) is 0 Å². The Morgan fingerprint density at radius 1 is 1.25 bits per heavy atom. The monoisotopic (exact) mass is 286 g/mol. The predicted octanol–water partition coefficient (Wildman–Crippen LogP) is 2.31. The lowest BCUT2D eigenvalue weighted by molar-refractivity contribution is 0.677. The van der Waals surface area contributed by atoms with Crippen LogP contribution in [0.3, 0.4) is 0 Å². The van der Waals surface area contributed by atoms with E-state index in [-0.39, 0.29) is 0 Å². The third-order valence-electron chi connectivity index (χ3n) is 3.02. The zero-order valence-electron chi connectivity index (χ0n) is 11.0. The molecule has 2 heterocycles. The summed E-state index contributed by atoms with van der Waals surface area (Å²) in [5, 5.41) is 3.56. The molecule has 0 aliphatic rings. The van der Waals surface area contributed by atoms with Crippen molar-refractivity contribution >= 4 is 27.7 Å². The smallest absolute Gasteiger partial charge is 0.199 e. The van der Waals surface area contributed by atoms with Gasteiger partial charge in [0.1, 0.15) is 0 Å². The molecule has 3 aromatic rings. The topological polar surface area (TPSA) is 70.7 Å². The fourth-order valence-corrected chi connectivity index (χ4v) is 3.11. The molecule has 102 valence electrons. The van der Waals surface area contributed by atoms with E-state index >= 15 is 0 Å². The number of benzene rings is 1. The minimum atomic E-state index is -1.23. The predicted molar refractivity (Wildman–Crippen MR) is 80.0 cm³/mol. The Labute approximate surface area is 118 Å². The molecular formula is C14H14N4OS. The standard InChI is InChI=1S/C14H14N4OS/c1-15-11-6-3-2-5-10(11)9-20(19)14-17-12-7-4-8-16-13(12)18-14/h2-8,15H,9H2,1H3,(H,16,17,18). The number of hydrogen-bond acceptors (Lipinski definition) is 4. The van der Waals surface area contributed by atoms with Gasteiger partial charge in [0.15, 0.2) is 10.8 Å². The molecule has 1 atom stereocenters. The Bertz CT molecular complexity index is 735. The summed E-state index contributed by atoms with van der Waals surface area (Å²) in [5.41, 5.74) is 3.38. The molecular weight excluding hydrogens is 272 g/mol. The Morgan fingerprint density at radius 3 is 2.90 bits per heavy atom. The summed E-state index contributed by atoms with van der Waals surface area (Å²) in [5.74, 6) is 0.414. The number of para-hydroxylation sites is 1. The molecule has 0 aliphatic carbocycles. The number of pyridine rings is 1. The van der Waals surface area contributed by atoms with Crippen LogP contribution >= 0.6 is 0 Å². The highest BCUT2D eigenvalue weighted by molar-refractivity contribution is 7.84. The molecule has 1 aromatic carbocycles. The number of rotatable bonds is 4. The van der Waals surface area contributed by atoms with Gasteiger partial charge in [0.2, 0.25) is 0 Å². The van der Waals surface area contributed by atoms with Crippen LogP contribution in [0.4, 0.5) is 5.69 Å². The molecule has 0 radical (unpaired) electrons. The van der Waals surface area contributed by atoms with E-state index in [1.54, 1.807) is 6.20 Å². The van der Waals surface area contributed by atoms with Gasteiger partial charge in [-0.1, -0.05) is 18.2 Å². The summed E-state index contributed by atoms with van der Waals surface area (Å²) in [6.45, 7) is 0. The fraction of sp³-hybridized carbons (Fsp3) is 0.143. The van der Waals surface area contributed by atoms with Gasteiger partial charge in [-0.2, -0.15) is 0 Å². The van der Waals surface area contributed by atoms with Crippen LogP contribution in [0.2, 0.25) is 0 Å². The summed E-state index contributed by atoms with van der Waals surface area (Å²) in [6, 6.07) is 11.5. The van der Waals surface area contributed by atoms with E-state index in [1.165, 1.54) is 0 Å². The molecule has 2 aromatic heterocycles. The van der Waals surface area contributed by atoms with Gasteiger partial charge in [-0.05, 0) is 23.8 Å². The number of nitrogens with one attached hydrogen (secondary N) is 2. The van der Waals surface area contributed by atoms with E-state index in [1.807, 2.05) is 43.4 Å². The second-order valence-electron chi connectivity index (χ2n) is 4.31. The van der Waals surface area contributed by atoms with Crippen LogP contribution in [0.15, 0.2) is 47.8 Å². The number of H-pyrrole nitrogens is 1. The Kier molecular flexibility index (Phi) is 3.47. The second kappa shape index (κ2) is 5.42. The van der Waals surface area contributed by atoms with Crippen molar-refractivity contribution in [2.24, 2.45) is 0 Å². The molecule has 1 unspecified atom stereocenters. The average Bonchev–Trinajstić information content (AvgIpc) is 2.92. The van der Waals surface area contributed by atoms with Gasteiger partial charge in [-0.3, -0.25) is 4.21 Å². The lowest BCUT2D eigenvalue weighted by atomic mass is 10.2. The Balaban J connectivity index is 1.89. The summed E-state index contributed by atoms with van der Waals surface area (Å²) < 4.78 is 12.4. The van der Waals surface area contributed by atoms with Crippen molar-refractivity contribution in [3.05, 3.63) is 48.2 Å². The van der Waals surface area contributed by atoms with Crippen LogP contribution in [-0.4, -0.2) is 26.2 Å². The second-order valence-corrected chi connectivity index (χ2v) is 5.68. The van der Waals surface area contributed by atoms with E-state index < -0.39 is 10.8 Å². The maximum atomic E-state index is 12.4.